The van der Waals surface area contributed by atoms with Crippen LogP contribution in [-0.2, 0) is 4.79 Å². The molecule has 3 amide bonds. The number of hydrogen-bond donors (Lipinski definition) is 2. The predicted octanol–water partition coefficient (Wildman–Crippen LogP) is 4.62. The molecule has 34 heavy (non-hydrogen) atoms. The van der Waals surface area contributed by atoms with Gasteiger partial charge in [0.15, 0.2) is 0 Å². The van der Waals surface area contributed by atoms with Crippen molar-refractivity contribution in [1.29, 1.82) is 0 Å². The average molecular weight is 464 g/mol. The number of carbonyl (C=O) groups excluding carboxylic acids is 2. The number of nitrogens with one attached hydrogen (secondary N) is 2. The molecular weight excluding hydrogens is 430 g/mol. The van der Waals surface area contributed by atoms with Crippen LogP contribution in [0.5, 0.6) is 5.75 Å². The fourth-order valence-electron chi connectivity index (χ4n) is 3.34. The van der Waals surface area contributed by atoms with E-state index >= 15 is 0 Å². The van der Waals surface area contributed by atoms with Gasteiger partial charge in [0, 0.05) is 29.5 Å². The van der Waals surface area contributed by atoms with Gasteiger partial charge in [-0.1, -0.05) is 17.7 Å². The number of anilines is 1. The summed E-state index contributed by atoms with van der Waals surface area (Å²) >= 11 is 0. The number of imidazole rings is 1. The van der Waals surface area contributed by atoms with E-state index in [0.29, 0.717) is 18.2 Å². The topological polar surface area (TPSA) is 88.5 Å². The summed E-state index contributed by atoms with van der Waals surface area (Å²) in [5.41, 5.74) is 3.20. The summed E-state index contributed by atoms with van der Waals surface area (Å²) in [4.78, 5) is 31.6. The van der Waals surface area contributed by atoms with Crippen molar-refractivity contribution in [3.8, 4) is 22.7 Å². The third-order valence-corrected chi connectivity index (χ3v) is 5.14. The molecule has 0 aliphatic rings. The maximum absolute atomic E-state index is 12.9. The number of carbonyl (C=O) groups is 2. The highest BCUT2D eigenvalue weighted by molar-refractivity contribution is 5.93. The van der Waals surface area contributed by atoms with Gasteiger partial charge in [-0.05, 0) is 71.0 Å². The first-order chi connectivity index (χ1) is 16.1. The quantitative estimate of drug-likeness (QED) is 0.535. The van der Waals surface area contributed by atoms with Crippen molar-refractivity contribution in [2.75, 3.05) is 25.5 Å². The summed E-state index contributed by atoms with van der Waals surface area (Å²) in [6, 6.07) is 15.2. The van der Waals surface area contributed by atoms with Crippen LogP contribution in [0, 0.1) is 6.92 Å². The molecule has 0 spiro atoms. The third-order valence-electron chi connectivity index (χ3n) is 5.14. The highest BCUT2D eigenvalue weighted by atomic mass is 16.5. The number of hydrogen-bond acceptors (Lipinski definition) is 4. The molecule has 180 valence electrons. The summed E-state index contributed by atoms with van der Waals surface area (Å²) in [5.74, 6) is 0.807. The number of nitrogens with zero attached hydrogens (tertiary/aromatic N) is 3. The summed E-state index contributed by atoms with van der Waals surface area (Å²) in [5, 5.41) is 5.78. The molecule has 0 atom stereocenters. The Labute approximate surface area is 200 Å². The number of rotatable bonds is 7. The van der Waals surface area contributed by atoms with Crippen LogP contribution in [0.3, 0.4) is 0 Å². The van der Waals surface area contributed by atoms with Crippen LogP contribution < -0.4 is 15.4 Å². The molecule has 0 unspecified atom stereocenters. The molecule has 3 rings (SSSR count). The lowest BCUT2D eigenvalue weighted by Crippen LogP contribution is -2.50. The molecule has 8 nitrogen and oxygen atoms in total. The molecule has 0 saturated carbocycles. The number of aryl methyl sites for hydroxylation is 1. The molecule has 1 aromatic heterocycles. The average Bonchev–Trinajstić information content (AvgIpc) is 3.20. The molecule has 2 aromatic carbocycles. The van der Waals surface area contributed by atoms with Gasteiger partial charge >= 0.3 is 6.03 Å². The summed E-state index contributed by atoms with van der Waals surface area (Å²) in [6.07, 6.45) is 1.88. The van der Waals surface area contributed by atoms with Crippen molar-refractivity contribution in [2.45, 2.75) is 40.2 Å². The van der Waals surface area contributed by atoms with Crippen LogP contribution in [0.2, 0.25) is 0 Å². The van der Waals surface area contributed by atoms with Gasteiger partial charge in [0.05, 0.1) is 12.8 Å². The predicted molar refractivity (Wildman–Crippen MR) is 134 cm³/mol. The van der Waals surface area contributed by atoms with E-state index in [1.807, 2.05) is 93.9 Å². The monoisotopic (exact) mass is 463 g/mol. The lowest BCUT2D eigenvalue weighted by Gasteiger charge is -2.27. The van der Waals surface area contributed by atoms with Gasteiger partial charge in [0.2, 0.25) is 11.9 Å². The van der Waals surface area contributed by atoms with E-state index in [4.69, 9.17) is 4.74 Å². The van der Waals surface area contributed by atoms with E-state index in [0.717, 1.165) is 22.6 Å². The summed E-state index contributed by atoms with van der Waals surface area (Å²) in [6.45, 7) is 9.87. The second-order valence-electron chi connectivity index (χ2n) is 9.13. The van der Waals surface area contributed by atoms with Crippen LogP contribution in [0.25, 0.3) is 16.9 Å². The van der Waals surface area contributed by atoms with Crippen LogP contribution in [0.15, 0.2) is 54.7 Å². The standard InChI is InChI=1S/C26H33N5O3/c1-7-30(25(33)29-26(3,4)5)17-23(32)28-24-27-22(19-10-14-21(34-6)15-11-19)16-31(24)20-12-8-18(2)9-13-20/h8-16H,7,17H2,1-6H3,(H,29,33)(H,27,28,32). The minimum atomic E-state index is -0.393. The van der Waals surface area contributed by atoms with Gasteiger partial charge < -0.3 is 15.0 Å². The first-order valence-corrected chi connectivity index (χ1v) is 11.3. The Kier molecular flexibility index (Phi) is 7.61. The zero-order valence-corrected chi connectivity index (χ0v) is 20.7. The van der Waals surface area contributed by atoms with Crippen molar-refractivity contribution in [2.24, 2.45) is 0 Å². The van der Waals surface area contributed by atoms with Crippen molar-refractivity contribution >= 4 is 17.9 Å². The molecule has 2 N–H and O–H groups in total. The van der Waals surface area contributed by atoms with Gasteiger partial charge in [-0.2, -0.15) is 0 Å². The molecule has 0 aliphatic heterocycles. The number of aromatic nitrogens is 2. The molecule has 0 radical (unpaired) electrons. The van der Waals surface area contributed by atoms with Crippen molar-refractivity contribution in [3.63, 3.8) is 0 Å². The normalized spacial score (nSPS) is 11.1. The van der Waals surface area contributed by atoms with E-state index in [1.54, 1.807) is 7.11 Å². The number of likely N-dealkylation sites (N-methyl/N-ethyl adjacent to an activating group) is 1. The Bertz CT molecular complexity index is 1130. The molecule has 1 heterocycles. The number of benzene rings is 2. The fraction of sp³-hybridized carbons (Fsp3) is 0.346. The fourth-order valence-corrected chi connectivity index (χ4v) is 3.34. The second-order valence-corrected chi connectivity index (χ2v) is 9.13. The number of urea groups is 1. The third kappa shape index (κ3) is 6.37. The van der Waals surface area contributed by atoms with Crippen molar-refractivity contribution < 1.29 is 14.3 Å². The van der Waals surface area contributed by atoms with Gasteiger partial charge in [-0.3, -0.25) is 14.7 Å². The Morgan fingerprint density at radius 2 is 1.71 bits per heavy atom. The number of amides is 3. The lowest BCUT2D eigenvalue weighted by atomic mass is 10.1. The maximum atomic E-state index is 12.9. The van der Waals surface area contributed by atoms with Crippen LogP contribution in [0.1, 0.15) is 33.3 Å². The molecular formula is C26H33N5O3. The SMILES string of the molecule is CCN(CC(=O)Nc1nc(-c2ccc(OC)cc2)cn1-c1ccc(C)cc1)C(=O)NC(C)(C)C. The van der Waals surface area contributed by atoms with E-state index < -0.39 is 5.54 Å². The first-order valence-electron chi connectivity index (χ1n) is 11.3. The highest BCUT2D eigenvalue weighted by Gasteiger charge is 2.22. The molecule has 0 aliphatic carbocycles. The molecule has 0 saturated heterocycles. The van der Waals surface area contributed by atoms with Crippen LogP contribution in [-0.4, -0.2) is 52.1 Å². The van der Waals surface area contributed by atoms with Gasteiger partial charge in [-0.15, -0.1) is 0 Å². The Balaban J connectivity index is 1.87. The smallest absolute Gasteiger partial charge is 0.318 e. The molecule has 8 heteroatoms. The largest absolute Gasteiger partial charge is 0.497 e. The Morgan fingerprint density at radius 1 is 1.06 bits per heavy atom. The Hall–Kier alpha value is -3.81. The van der Waals surface area contributed by atoms with Gasteiger partial charge in [0.1, 0.15) is 12.3 Å². The van der Waals surface area contributed by atoms with Crippen molar-refractivity contribution in [1.82, 2.24) is 19.8 Å². The van der Waals surface area contributed by atoms with E-state index in [2.05, 4.69) is 15.6 Å². The van der Waals surface area contributed by atoms with Crippen LogP contribution in [0.4, 0.5) is 10.7 Å². The van der Waals surface area contributed by atoms with Crippen molar-refractivity contribution in [3.05, 3.63) is 60.3 Å². The summed E-state index contributed by atoms with van der Waals surface area (Å²) in [7, 11) is 1.62. The zero-order valence-electron chi connectivity index (χ0n) is 20.7. The number of methoxy groups -OCH3 is 1. The second kappa shape index (κ2) is 10.4. The molecule has 0 fully saturated rings. The first kappa shape index (κ1) is 24.8. The summed E-state index contributed by atoms with van der Waals surface area (Å²) < 4.78 is 7.08. The molecule has 0 bridgehead atoms. The maximum Gasteiger partial charge on any atom is 0.318 e. The minimum Gasteiger partial charge on any atom is -0.497 e. The highest BCUT2D eigenvalue weighted by Crippen LogP contribution is 2.26. The van der Waals surface area contributed by atoms with Gasteiger partial charge in [0.25, 0.3) is 0 Å². The minimum absolute atomic E-state index is 0.0863. The number of ether oxygens (including phenoxy) is 1. The van der Waals surface area contributed by atoms with Gasteiger partial charge in [-0.25, -0.2) is 9.78 Å². The van der Waals surface area contributed by atoms with E-state index in [-0.39, 0.29) is 18.5 Å². The molecule has 3 aromatic rings. The lowest BCUT2D eigenvalue weighted by molar-refractivity contribution is -0.116. The van der Waals surface area contributed by atoms with E-state index in [1.165, 1.54) is 4.90 Å². The van der Waals surface area contributed by atoms with E-state index in [9.17, 15) is 9.59 Å². The Morgan fingerprint density at radius 3 is 2.26 bits per heavy atom. The van der Waals surface area contributed by atoms with Crippen LogP contribution >= 0.6 is 0 Å². The zero-order chi connectivity index (χ0) is 24.9.